The first-order valence-corrected chi connectivity index (χ1v) is 7.18. The molecule has 0 bridgehead atoms. The van der Waals surface area contributed by atoms with Crippen LogP contribution >= 0.6 is 0 Å². The van der Waals surface area contributed by atoms with Crippen molar-refractivity contribution in [2.24, 2.45) is 23.5 Å². The van der Waals surface area contributed by atoms with Crippen molar-refractivity contribution in [1.82, 2.24) is 0 Å². The predicted molar refractivity (Wildman–Crippen MR) is 78.2 cm³/mol. The van der Waals surface area contributed by atoms with E-state index < -0.39 is 0 Å². The maximum Gasteiger partial charge on any atom is 0.0621 e. The minimum absolute atomic E-state index is 0.335. The van der Waals surface area contributed by atoms with Crippen molar-refractivity contribution in [1.29, 1.82) is 0 Å². The number of hydrogen-bond acceptors (Lipinski definition) is 2. The summed E-state index contributed by atoms with van der Waals surface area (Å²) in [7, 11) is 0. The number of nitrogens with two attached hydrogens (primary N) is 1. The van der Waals surface area contributed by atoms with Gasteiger partial charge in [0.1, 0.15) is 0 Å². The van der Waals surface area contributed by atoms with Gasteiger partial charge >= 0.3 is 0 Å². The van der Waals surface area contributed by atoms with Gasteiger partial charge in [-0.2, -0.15) is 0 Å². The van der Waals surface area contributed by atoms with Crippen molar-refractivity contribution < 1.29 is 4.74 Å². The molecule has 1 aliphatic rings. The van der Waals surface area contributed by atoms with Crippen LogP contribution in [-0.2, 0) is 4.74 Å². The Hall–Kier alpha value is -0.760. The highest BCUT2D eigenvalue weighted by Gasteiger charge is 2.21. The van der Waals surface area contributed by atoms with Crippen LogP contribution in [0.25, 0.3) is 0 Å². The van der Waals surface area contributed by atoms with Gasteiger partial charge in [0, 0.05) is 18.7 Å². The van der Waals surface area contributed by atoms with Crippen molar-refractivity contribution in [2.75, 3.05) is 6.61 Å². The molecular weight excluding hydrogens is 222 g/mol. The molecular formula is C16H29NO. The molecule has 104 valence electrons. The van der Waals surface area contributed by atoms with E-state index in [1.54, 1.807) is 0 Å². The molecule has 0 aromatic carbocycles. The Balaban J connectivity index is 2.64. The standard InChI is InChI=1S/C16H29NO/c1-11(2)6-16(17)14-7-13(5)8-15(9-14)18-10-12(3)4/h6-7,11-13,15H,8-10,17H2,1-5H3/b16-6-/t13-,15+/m0/s1. The maximum absolute atomic E-state index is 6.17. The van der Waals surface area contributed by atoms with E-state index in [1.165, 1.54) is 5.57 Å². The summed E-state index contributed by atoms with van der Waals surface area (Å²) in [5.41, 5.74) is 8.38. The first kappa shape index (κ1) is 15.3. The van der Waals surface area contributed by atoms with Gasteiger partial charge in [-0.15, -0.1) is 0 Å². The van der Waals surface area contributed by atoms with Crippen molar-refractivity contribution in [3.63, 3.8) is 0 Å². The van der Waals surface area contributed by atoms with E-state index in [1.807, 2.05) is 0 Å². The maximum atomic E-state index is 6.17. The molecule has 2 nitrogen and oxygen atoms in total. The zero-order valence-electron chi connectivity index (χ0n) is 12.6. The molecule has 0 saturated heterocycles. The average Bonchev–Trinajstić information content (AvgIpc) is 2.24. The van der Waals surface area contributed by atoms with Gasteiger partial charge in [0.15, 0.2) is 0 Å². The largest absolute Gasteiger partial charge is 0.399 e. The van der Waals surface area contributed by atoms with Crippen LogP contribution in [0.2, 0.25) is 0 Å². The fraction of sp³-hybridized carbons (Fsp3) is 0.750. The van der Waals surface area contributed by atoms with Gasteiger partial charge in [0.2, 0.25) is 0 Å². The summed E-state index contributed by atoms with van der Waals surface area (Å²) in [5, 5.41) is 0. The fourth-order valence-corrected chi connectivity index (χ4v) is 2.36. The summed E-state index contributed by atoms with van der Waals surface area (Å²) in [6.45, 7) is 11.8. The smallest absolute Gasteiger partial charge is 0.0621 e. The first-order valence-electron chi connectivity index (χ1n) is 7.18. The third-order valence-electron chi connectivity index (χ3n) is 3.12. The van der Waals surface area contributed by atoms with E-state index in [2.05, 4.69) is 46.8 Å². The van der Waals surface area contributed by atoms with Crippen molar-refractivity contribution >= 4 is 0 Å². The summed E-state index contributed by atoms with van der Waals surface area (Å²) >= 11 is 0. The van der Waals surface area contributed by atoms with Crippen LogP contribution in [0.3, 0.4) is 0 Å². The van der Waals surface area contributed by atoms with Crippen LogP contribution in [0.15, 0.2) is 23.4 Å². The van der Waals surface area contributed by atoms with Crippen LogP contribution in [-0.4, -0.2) is 12.7 Å². The molecule has 0 fully saturated rings. The van der Waals surface area contributed by atoms with Gasteiger partial charge in [-0.3, -0.25) is 0 Å². The van der Waals surface area contributed by atoms with Crippen molar-refractivity contribution in [3.8, 4) is 0 Å². The monoisotopic (exact) mass is 251 g/mol. The molecule has 1 aliphatic carbocycles. The SMILES string of the molecule is CC(C)/C=C(\N)C1=C[C@H](C)C[C@@H](OCC(C)C)C1. The molecule has 0 heterocycles. The van der Waals surface area contributed by atoms with E-state index in [9.17, 15) is 0 Å². The molecule has 0 amide bonds. The Kier molecular flexibility index (Phi) is 5.94. The Morgan fingerprint density at radius 2 is 2.11 bits per heavy atom. The molecule has 0 aromatic heterocycles. The summed E-state index contributed by atoms with van der Waals surface area (Å²) in [6.07, 6.45) is 6.87. The Labute approximate surface area is 112 Å². The normalized spacial score (nSPS) is 25.7. The number of hydrogen-bond donors (Lipinski definition) is 1. The van der Waals surface area contributed by atoms with E-state index in [0.717, 1.165) is 25.1 Å². The minimum Gasteiger partial charge on any atom is -0.399 e. The Morgan fingerprint density at radius 1 is 1.44 bits per heavy atom. The topological polar surface area (TPSA) is 35.2 Å². The summed E-state index contributed by atoms with van der Waals surface area (Å²) in [6, 6.07) is 0. The van der Waals surface area contributed by atoms with Crippen LogP contribution < -0.4 is 5.73 Å². The molecule has 2 N–H and O–H groups in total. The molecule has 18 heavy (non-hydrogen) atoms. The Morgan fingerprint density at radius 3 is 2.67 bits per heavy atom. The average molecular weight is 251 g/mol. The third kappa shape index (κ3) is 5.26. The van der Waals surface area contributed by atoms with Crippen LogP contribution in [0, 0.1) is 17.8 Å². The van der Waals surface area contributed by atoms with Crippen LogP contribution in [0.5, 0.6) is 0 Å². The van der Waals surface area contributed by atoms with Gasteiger partial charge in [-0.05, 0) is 29.7 Å². The lowest BCUT2D eigenvalue weighted by Gasteiger charge is -2.28. The van der Waals surface area contributed by atoms with Gasteiger partial charge in [-0.25, -0.2) is 0 Å². The quantitative estimate of drug-likeness (QED) is 0.804. The zero-order valence-corrected chi connectivity index (χ0v) is 12.6. The lowest BCUT2D eigenvalue weighted by atomic mass is 9.87. The number of ether oxygens (including phenoxy) is 1. The third-order valence-corrected chi connectivity index (χ3v) is 3.12. The van der Waals surface area contributed by atoms with Crippen LogP contribution in [0.1, 0.15) is 47.5 Å². The summed E-state index contributed by atoms with van der Waals surface area (Å²) in [4.78, 5) is 0. The lowest BCUT2D eigenvalue weighted by Crippen LogP contribution is -2.24. The second kappa shape index (κ2) is 6.98. The van der Waals surface area contributed by atoms with E-state index in [4.69, 9.17) is 10.5 Å². The van der Waals surface area contributed by atoms with E-state index in [-0.39, 0.29) is 0 Å². The zero-order chi connectivity index (χ0) is 13.7. The van der Waals surface area contributed by atoms with E-state index in [0.29, 0.717) is 23.9 Å². The molecule has 1 rings (SSSR count). The molecule has 0 unspecified atom stereocenters. The van der Waals surface area contributed by atoms with Crippen molar-refractivity contribution in [3.05, 3.63) is 23.4 Å². The van der Waals surface area contributed by atoms with Crippen molar-refractivity contribution in [2.45, 2.75) is 53.6 Å². The lowest BCUT2D eigenvalue weighted by molar-refractivity contribution is 0.0223. The van der Waals surface area contributed by atoms with Gasteiger partial charge in [-0.1, -0.05) is 46.8 Å². The highest BCUT2D eigenvalue weighted by atomic mass is 16.5. The van der Waals surface area contributed by atoms with Gasteiger partial charge < -0.3 is 10.5 Å². The second-order valence-corrected chi connectivity index (χ2v) is 6.32. The summed E-state index contributed by atoms with van der Waals surface area (Å²) in [5.74, 6) is 1.65. The highest BCUT2D eigenvalue weighted by molar-refractivity contribution is 5.31. The molecule has 0 spiro atoms. The minimum atomic E-state index is 0.335. The first-order chi connectivity index (χ1) is 8.38. The van der Waals surface area contributed by atoms with Gasteiger partial charge in [0.25, 0.3) is 0 Å². The Bertz CT molecular complexity index is 315. The molecule has 0 radical (unpaired) electrons. The van der Waals surface area contributed by atoms with Crippen LogP contribution in [0.4, 0.5) is 0 Å². The van der Waals surface area contributed by atoms with Gasteiger partial charge in [0.05, 0.1) is 6.10 Å². The molecule has 2 atom stereocenters. The fourth-order valence-electron chi connectivity index (χ4n) is 2.36. The number of rotatable bonds is 5. The molecule has 0 aliphatic heterocycles. The summed E-state index contributed by atoms with van der Waals surface area (Å²) < 4.78 is 5.98. The predicted octanol–water partition coefficient (Wildman–Crippen LogP) is 3.88. The highest BCUT2D eigenvalue weighted by Crippen LogP contribution is 2.28. The number of allylic oxidation sites excluding steroid dienone is 3. The molecule has 0 aromatic rings. The second-order valence-electron chi connectivity index (χ2n) is 6.32. The molecule has 0 saturated carbocycles. The van der Waals surface area contributed by atoms with E-state index >= 15 is 0 Å². The molecule has 2 heteroatoms.